The number of nitrogens with one attached hydrogen (secondary N) is 2. The minimum atomic E-state index is -0.293. The third-order valence-corrected chi connectivity index (χ3v) is 2.23. The van der Waals surface area contributed by atoms with Crippen molar-refractivity contribution >= 4 is 11.8 Å². The Bertz CT molecular complexity index is 446. The lowest BCUT2D eigenvalue weighted by Crippen LogP contribution is -2.33. The molecule has 0 unspecified atom stereocenters. The van der Waals surface area contributed by atoms with E-state index < -0.39 is 0 Å². The van der Waals surface area contributed by atoms with Gasteiger partial charge in [0.25, 0.3) is 5.91 Å². The van der Waals surface area contributed by atoms with Gasteiger partial charge in [-0.2, -0.15) is 0 Å². The average Bonchev–Trinajstić information content (AvgIpc) is 2.34. The number of amides is 2. The Balaban J connectivity index is 2.53. The highest BCUT2D eigenvalue weighted by molar-refractivity contribution is 5.94. The number of carbonyl (C=O) groups is 2. The van der Waals surface area contributed by atoms with Crippen LogP contribution in [-0.4, -0.2) is 37.1 Å². The number of ether oxygens (including phenoxy) is 1. The summed E-state index contributed by atoms with van der Waals surface area (Å²) in [4.78, 5) is 22.3. The number of methoxy groups -OCH3 is 1. The molecule has 6 nitrogen and oxygen atoms in total. The van der Waals surface area contributed by atoms with Crippen molar-refractivity contribution in [1.29, 1.82) is 0 Å². The van der Waals surface area contributed by atoms with Gasteiger partial charge in [0.2, 0.25) is 5.91 Å². The molecule has 0 aliphatic heterocycles. The van der Waals surface area contributed by atoms with Crippen LogP contribution in [0.15, 0.2) is 18.2 Å². The van der Waals surface area contributed by atoms with Crippen molar-refractivity contribution in [2.75, 3.05) is 20.2 Å². The Labute approximate surface area is 105 Å². The molecule has 0 aliphatic rings. The quantitative estimate of drug-likeness (QED) is 0.656. The maximum absolute atomic E-state index is 11.7. The van der Waals surface area contributed by atoms with Crippen LogP contribution in [0.25, 0.3) is 0 Å². The lowest BCUT2D eigenvalue weighted by atomic mass is 10.2. The molecule has 0 bridgehead atoms. The highest BCUT2D eigenvalue weighted by Gasteiger charge is 2.09. The minimum Gasteiger partial charge on any atom is -0.504 e. The predicted octanol–water partition coefficient (Wildman–Crippen LogP) is 0.267. The van der Waals surface area contributed by atoms with Crippen LogP contribution in [0.5, 0.6) is 11.5 Å². The molecule has 18 heavy (non-hydrogen) atoms. The van der Waals surface area contributed by atoms with Crippen LogP contribution in [0.2, 0.25) is 0 Å². The van der Waals surface area contributed by atoms with E-state index in [1.807, 2.05) is 0 Å². The second kappa shape index (κ2) is 6.48. The van der Waals surface area contributed by atoms with Gasteiger partial charge in [-0.1, -0.05) is 0 Å². The van der Waals surface area contributed by atoms with Crippen LogP contribution in [0.3, 0.4) is 0 Å². The van der Waals surface area contributed by atoms with E-state index in [1.165, 1.54) is 32.2 Å². The molecule has 0 radical (unpaired) electrons. The molecule has 6 heteroatoms. The molecule has 2 amide bonds. The number of phenols is 1. The van der Waals surface area contributed by atoms with Crippen molar-refractivity contribution in [2.45, 2.75) is 6.92 Å². The van der Waals surface area contributed by atoms with Crippen molar-refractivity contribution < 1.29 is 19.4 Å². The van der Waals surface area contributed by atoms with Crippen LogP contribution in [0, 0.1) is 0 Å². The second-order valence-corrected chi connectivity index (χ2v) is 3.63. The molecular weight excluding hydrogens is 236 g/mol. The van der Waals surface area contributed by atoms with E-state index in [0.717, 1.165) is 0 Å². The third kappa shape index (κ3) is 3.97. The standard InChI is InChI=1S/C12H16N2O4/c1-8(15)13-5-6-14-12(17)9-3-4-10(16)11(7-9)18-2/h3-4,7,16H,5-6H2,1-2H3,(H,13,15)(H,14,17). The van der Waals surface area contributed by atoms with Crippen molar-refractivity contribution in [2.24, 2.45) is 0 Å². The number of hydrogen-bond donors (Lipinski definition) is 3. The van der Waals surface area contributed by atoms with Gasteiger partial charge in [-0.25, -0.2) is 0 Å². The van der Waals surface area contributed by atoms with E-state index in [-0.39, 0.29) is 23.3 Å². The first-order valence-electron chi connectivity index (χ1n) is 5.44. The fourth-order valence-electron chi connectivity index (χ4n) is 1.34. The maximum Gasteiger partial charge on any atom is 0.251 e. The summed E-state index contributed by atoms with van der Waals surface area (Å²) in [6.07, 6.45) is 0. The van der Waals surface area contributed by atoms with Crippen molar-refractivity contribution in [1.82, 2.24) is 10.6 Å². The van der Waals surface area contributed by atoms with Gasteiger partial charge in [-0.3, -0.25) is 9.59 Å². The first kappa shape index (κ1) is 13.8. The van der Waals surface area contributed by atoms with Crippen LogP contribution in [-0.2, 0) is 4.79 Å². The van der Waals surface area contributed by atoms with Crippen molar-refractivity contribution in [3.63, 3.8) is 0 Å². The molecule has 0 atom stereocenters. The van der Waals surface area contributed by atoms with E-state index in [2.05, 4.69) is 10.6 Å². The number of hydrogen-bond acceptors (Lipinski definition) is 4. The van der Waals surface area contributed by atoms with E-state index in [1.54, 1.807) is 0 Å². The van der Waals surface area contributed by atoms with Gasteiger partial charge in [-0.15, -0.1) is 0 Å². The highest BCUT2D eigenvalue weighted by Crippen LogP contribution is 2.25. The van der Waals surface area contributed by atoms with E-state index >= 15 is 0 Å². The van der Waals surface area contributed by atoms with Crippen LogP contribution >= 0.6 is 0 Å². The topological polar surface area (TPSA) is 87.7 Å². The van der Waals surface area contributed by atoms with Gasteiger partial charge >= 0.3 is 0 Å². The van der Waals surface area contributed by atoms with Gasteiger partial charge in [0.05, 0.1) is 7.11 Å². The Hall–Kier alpha value is -2.24. The Kier molecular flexibility index (Phi) is 4.98. The number of benzene rings is 1. The minimum absolute atomic E-state index is 0.0210. The Morgan fingerprint density at radius 3 is 2.56 bits per heavy atom. The summed E-state index contributed by atoms with van der Waals surface area (Å²) < 4.78 is 4.91. The smallest absolute Gasteiger partial charge is 0.251 e. The summed E-state index contributed by atoms with van der Waals surface area (Å²) in [6.45, 7) is 2.12. The molecule has 0 saturated heterocycles. The summed E-state index contributed by atoms with van der Waals surface area (Å²) in [5.41, 5.74) is 0.382. The number of carbonyl (C=O) groups excluding carboxylic acids is 2. The molecule has 98 valence electrons. The Morgan fingerprint density at radius 1 is 1.28 bits per heavy atom. The van der Waals surface area contributed by atoms with Crippen LogP contribution in [0.1, 0.15) is 17.3 Å². The van der Waals surface area contributed by atoms with E-state index in [9.17, 15) is 14.7 Å². The zero-order valence-electron chi connectivity index (χ0n) is 10.3. The normalized spacial score (nSPS) is 9.67. The van der Waals surface area contributed by atoms with E-state index in [4.69, 9.17) is 4.74 Å². The van der Waals surface area contributed by atoms with Gasteiger partial charge in [0.1, 0.15) is 0 Å². The number of rotatable bonds is 5. The molecule has 1 rings (SSSR count). The van der Waals surface area contributed by atoms with Gasteiger partial charge in [0, 0.05) is 25.6 Å². The number of aromatic hydroxyl groups is 1. The molecule has 0 spiro atoms. The fourth-order valence-corrected chi connectivity index (χ4v) is 1.34. The van der Waals surface area contributed by atoms with Gasteiger partial charge in [0.15, 0.2) is 11.5 Å². The molecule has 1 aromatic rings. The molecular formula is C12H16N2O4. The summed E-state index contributed by atoms with van der Waals surface area (Å²) in [7, 11) is 1.41. The van der Waals surface area contributed by atoms with E-state index in [0.29, 0.717) is 18.7 Å². The number of phenolic OH excluding ortho intramolecular Hbond substituents is 1. The Morgan fingerprint density at radius 2 is 1.94 bits per heavy atom. The highest BCUT2D eigenvalue weighted by atomic mass is 16.5. The molecule has 1 aromatic carbocycles. The van der Waals surface area contributed by atoms with Crippen LogP contribution in [0.4, 0.5) is 0 Å². The molecule has 0 saturated carbocycles. The zero-order valence-corrected chi connectivity index (χ0v) is 10.3. The molecule has 0 heterocycles. The molecule has 0 aliphatic carbocycles. The third-order valence-electron chi connectivity index (χ3n) is 2.23. The molecule has 0 aromatic heterocycles. The largest absolute Gasteiger partial charge is 0.504 e. The first-order valence-corrected chi connectivity index (χ1v) is 5.44. The average molecular weight is 252 g/mol. The molecule has 0 fully saturated rings. The van der Waals surface area contributed by atoms with Crippen LogP contribution < -0.4 is 15.4 Å². The summed E-state index contributed by atoms with van der Waals surface area (Å²) >= 11 is 0. The zero-order chi connectivity index (χ0) is 13.5. The van der Waals surface area contributed by atoms with Crippen molar-refractivity contribution in [3.8, 4) is 11.5 Å². The summed E-state index contributed by atoms with van der Waals surface area (Å²) in [5, 5.41) is 14.6. The fraction of sp³-hybridized carbons (Fsp3) is 0.333. The van der Waals surface area contributed by atoms with Gasteiger partial charge in [-0.05, 0) is 18.2 Å². The molecule has 3 N–H and O–H groups in total. The van der Waals surface area contributed by atoms with Gasteiger partial charge < -0.3 is 20.5 Å². The summed E-state index contributed by atoms with van der Waals surface area (Å²) in [6, 6.07) is 4.33. The second-order valence-electron chi connectivity index (χ2n) is 3.63. The first-order chi connectivity index (χ1) is 8.54. The SMILES string of the molecule is COc1cc(C(=O)NCCNC(C)=O)ccc1O. The van der Waals surface area contributed by atoms with Crippen molar-refractivity contribution in [3.05, 3.63) is 23.8 Å². The summed E-state index contributed by atoms with van der Waals surface area (Å²) in [5.74, 6) is -0.217. The predicted molar refractivity (Wildman–Crippen MR) is 65.7 cm³/mol. The lowest BCUT2D eigenvalue weighted by molar-refractivity contribution is -0.118. The monoisotopic (exact) mass is 252 g/mol. The lowest BCUT2D eigenvalue weighted by Gasteiger charge is -2.08. The maximum atomic E-state index is 11.7.